The minimum Gasteiger partial charge on any atom is -0.454 e. The molecule has 0 aromatic heterocycles. The number of ether oxygens (including phenoxy) is 2. The Morgan fingerprint density at radius 3 is 2.46 bits per heavy atom. The molecule has 0 saturated heterocycles. The average Bonchev–Trinajstić information content (AvgIpc) is 3.37. The number of nitrogens with zero attached hydrogens (tertiary/aromatic N) is 1. The van der Waals surface area contributed by atoms with Crippen LogP contribution in [-0.4, -0.2) is 42.6 Å². The normalized spacial score (nSPS) is 24.9. The Morgan fingerprint density at radius 1 is 0.897 bits per heavy atom. The zero-order chi connectivity index (χ0) is 26.9. The van der Waals surface area contributed by atoms with E-state index < -0.39 is 0 Å². The van der Waals surface area contributed by atoms with Crippen molar-refractivity contribution in [2.24, 2.45) is 11.7 Å². The summed E-state index contributed by atoms with van der Waals surface area (Å²) in [6.45, 7) is 0.124. The van der Waals surface area contributed by atoms with E-state index in [-0.39, 0.29) is 55.0 Å². The van der Waals surface area contributed by atoms with Crippen LogP contribution in [0.15, 0.2) is 36.4 Å². The van der Waals surface area contributed by atoms with Crippen molar-refractivity contribution < 1.29 is 23.9 Å². The van der Waals surface area contributed by atoms with Crippen molar-refractivity contribution in [3.8, 4) is 11.5 Å². The van der Waals surface area contributed by atoms with Gasteiger partial charge in [-0.15, -0.1) is 0 Å². The summed E-state index contributed by atoms with van der Waals surface area (Å²) in [5.41, 5.74) is 8.21. The second-order valence-corrected chi connectivity index (χ2v) is 11.2. The molecule has 206 valence electrons. The Balaban J connectivity index is 1.35. The number of nitrogens with one attached hydrogen (secondary N) is 2. The predicted octanol–water partition coefficient (Wildman–Crippen LogP) is 4.35. The Kier molecular flexibility index (Phi) is 7.16. The van der Waals surface area contributed by atoms with Gasteiger partial charge in [-0.1, -0.05) is 32.1 Å². The summed E-state index contributed by atoms with van der Waals surface area (Å²) in [7, 11) is 0. The fourth-order valence-corrected chi connectivity index (χ4v) is 6.56. The van der Waals surface area contributed by atoms with E-state index in [0.29, 0.717) is 34.0 Å². The molecular weight excluding hydrogens is 496 g/mol. The monoisotopic (exact) mass is 532 g/mol. The summed E-state index contributed by atoms with van der Waals surface area (Å²) in [6, 6.07) is 9.98. The van der Waals surface area contributed by atoms with Gasteiger partial charge in [0.1, 0.15) is 0 Å². The topological polar surface area (TPSA) is 123 Å². The number of amides is 3. The number of carbonyl (C=O) groups excluding carboxylic acids is 3. The summed E-state index contributed by atoms with van der Waals surface area (Å²) >= 11 is 0. The molecule has 2 heterocycles. The van der Waals surface area contributed by atoms with E-state index in [4.69, 9.17) is 15.2 Å². The molecule has 0 spiro atoms. The maximum Gasteiger partial charge on any atom is 0.258 e. The van der Waals surface area contributed by atoms with Gasteiger partial charge in [0.2, 0.25) is 12.7 Å². The highest BCUT2D eigenvalue weighted by Gasteiger charge is 2.39. The van der Waals surface area contributed by atoms with Crippen LogP contribution >= 0.6 is 0 Å². The third-order valence-corrected chi connectivity index (χ3v) is 8.69. The van der Waals surface area contributed by atoms with E-state index in [1.54, 1.807) is 41.3 Å². The first-order valence-electron chi connectivity index (χ1n) is 14.2. The molecule has 2 saturated carbocycles. The molecule has 4 N–H and O–H groups in total. The largest absolute Gasteiger partial charge is 0.454 e. The van der Waals surface area contributed by atoms with E-state index >= 15 is 0 Å². The number of benzene rings is 2. The van der Waals surface area contributed by atoms with Crippen LogP contribution in [0.1, 0.15) is 84.9 Å². The smallest absolute Gasteiger partial charge is 0.258 e. The fourth-order valence-electron chi connectivity index (χ4n) is 6.56. The van der Waals surface area contributed by atoms with Crippen LogP contribution in [0.2, 0.25) is 0 Å². The molecule has 2 aromatic rings. The van der Waals surface area contributed by atoms with Crippen molar-refractivity contribution in [2.75, 3.05) is 17.0 Å². The maximum absolute atomic E-state index is 14.2. The molecule has 2 fully saturated rings. The van der Waals surface area contributed by atoms with E-state index in [1.165, 1.54) is 6.42 Å². The van der Waals surface area contributed by atoms with Gasteiger partial charge in [0.05, 0.1) is 11.4 Å². The summed E-state index contributed by atoms with van der Waals surface area (Å²) in [6.07, 6.45) is 9.36. The van der Waals surface area contributed by atoms with Crippen molar-refractivity contribution in [1.29, 1.82) is 0 Å². The van der Waals surface area contributed by atoms with Gasteiger partial charge in [0.25, 0.3) is 11.8 Å². The second kappa shape index (κ2) is 10.9. The van der Waals surface area contributed by atoms with Crippen LogP contribution in [0.25, 0.3) is 0 Å². The minimum absolute atomic E-state index is 0.0608. The quantitative estimate of drug-likeness (QED) is 0.538. The first kappa shape index (κ1) is 25.7. The molecule has 9 heteroatoms. The van der Waals surface area contributed by atoms with Gasteiger partial charge in [0, 0.05) is 35.7 Å². The third kappa shape index (κ3) is 5.20. The SMILES string of the molecule is NC1CCCCC1NC(=O)c1ccc2c(c1)NC(=O)CC(C1CCCCC1)N2C(=O)c1ccc2c(c1)OCO2. The molecule has 0 radical (unpaired) electrons. The Labute approximate surface area is 228 Å². The second-order valence-electron chi connectivity index (χ2n) is 11.2. The van der Waals surface area contributed by atoms with Crippen LogP contribution < -0.4 is 30.7 Å². The van der Waals surface area contributed by atoms with Gasteiger partial charge in [-0.3, -0.25) is 14.4 Å². The Bertz CT molecular complexity index is 1270. The standard InChI is InChI=1S/C30H36N4O5/c31-21-8-4-5-9-22(21)33-29(36)19-10-12-24-23(14-19)32-28(35)16-25(18-6-2-1-3-7-18)34(24)30(37)20-11-13-26-27(15-20)39-17-38-26/h10-15,18,21-22,25H,1-9,16-17,31H2,(H,32,35)(H,33,36). The number of carbonyl (C=O) groups is 3. The number of nitrogens with two attached hydrogens (primary N) is 1. The van der Waals surface area contributed by atoms with E-state index in [1.807, 2.05) is 0 Å². The molecule has 2 aromatic carbocycles. The summed E-state index contributed by atoms with van der Waals surface area (Å²) in [5, 5.41) is 6.07. The summed E-state index contributed by atoms with van der Waals surface area (Å²) in [4.78, 5) is 42.3. The van der Waals surface area contributed by atoms with Crippen LogP contribution in [-0.2, 0) is 4.79 Å². The van der Waals surface area contributed by atoms with Crippen molar-refractivity contribution in [3.63, 3.8) is 0 Å². The lowest BCUT2D eigenvalue weighted by molar-refractivity contribution is -0.116. The molecule has 4 aliphatic rings. The molecule has 3 amide bonds. The Hall–Kier alpha value is -3.59. The summed E-state index contributed by atoms with van der Waals surface area (Å²) in [5.74, 6) is 0.774. The van der Waals surface area contributed by atoms with Crippen LogP contribution in [0, 0.1) is 5.92 Å². The molecule has 2 aliphatic carbocycles. The molecule has 0 bridgehead atoms. The zero-order valence-electron chi connectivity index (χ0n) is 22.1. The van der Waals surface area contributed by atoms with E-state index in [0.717, 1.165) is 51.4 Å². The van der Waals surface area contributed by atoms with Crippen molar-refractivity contribution in [3.05, 3.63) is 47.5 Å². The number of fused-ring (bicyclic) bond motifs is 2. The lowest BCUT2D eigenvalue weighted by Crippen LogP contribution is -2.49. The van der Waals surface area contributed by atoms with Crippen molar-refractivity contribution in [2.45, 2.75) is 82.3 Å². The lowest BCUT2D eigenvalue weighted by atomic mass is 9.81. The number of hydrogen-bond donors (Lipinski definition) is 3. The molecule has 3 atom stereocenters. The fraction of sp³-hybridized carbons (Fsp3) is 0.500. The molecule has 39 heavy (non-hydrogen) atoms. The van der Waals surface area contributed by atoms with Gasteiger partial charge in [-0.2, -0.15) is 0 Å². The van der Waals surface area contributed by atoms with Crippen molar-refractivity contribution in [1.82, 2.24) is 5.32 Å². The third-order valence-electron chi connectivity index (χ3n) is 8.69. The highest BCUT2D eigenvalue weighted by molar-refractivity contribution is 6.12. The van der Waals surface area contributed by atoms with Gasteiger partial charge < -0.3 is 30.7 Å². The van der Waals surface area contributed by atoms with Gasteiger partial charge >= 0.3 is 0 Å². The lowest BCUT2D eigenvalue weighted by Gasteiger charge is -2.37. The van der Waals surface area contributed by atoms with E-state index in [9.17, 15) is 14.4 Å². The van der Waals surface area contributed by atoms with Gasteiger partial charge in [0.15, 0.2) is 11.5 Å². The number of hydrogen-bond acceptors (Lipinski definition) is 6. The van der Waals surface area contributed by atoms with Crippen LogP contribution in [0.4, 0.5) is 11.4 Å². The van der Waals surface area contributed by atoms with Gasteiger partial charge in [-0.05, 0) is 68.0 Å². The van der Waals surface area contributed by atoms with Gasteiger partial charge in [-0.25, -0.2) is 0 Å². The molecule has 2 aliphatic heterocycles. The highest BCUT2D eigenvalue weighted by Crippen LogP contribution is 2.41. The average molecular weight is 533 g/mol. The number of anilines is 2. The minimum atomic E-state index is -0.288. The highest BCUT2D eigenvalue weighted by atomic mass is 16.7. The molecule has 9 nitrogen and oxygen atoms in total. The van der Waals surface area contributed by atoms with Crippen LogP contribution in [0.5, 0.6) is 11.5 Å². The first-order chi connectivity index (χ1) is 19.0. The van der Waals surface area contributed by atoms with Crippen molar-refractivity contribution >= 4 is 29.1 Å². The molecule has 6 rings (SSSR count). The maximum atomic E-state index is 14.2. The number of rotatable bonds is 4. The van der Waals surface area contributed by atoms with Crippen LogP contribution in [0.3, 0.4) is 0 Å². The molecular formula is C30H36N4O5. The Morgan fingerprint density at radius 2 is 1.64 bits per heavy atom. The predicted molar refractivity (Wildman–Crippen MR) is 147 cm³/mol. The summed E-state index contributed by atoms with van der Waals surface area (Å²) < 4.78 is 11.0. The zero-order valence-corrected chi connectivity index (χ0v) is 22.1. The first-order valence-corrected chi connectivity index (χ1v) is 14.2. The van der Waals surface area contributed by atoms with E-state index in [2.05, 4.69) is 10.6 Å². The molecule has 3 unspecified atom stereocenters.